The standard InChI is InChI=1S/C5H11N.C3H8N2/c1-2-4-6-5-3-1;1-2-4-5-3-1/h6H,1-5H2;4-5H,1-3H2. The van der Waals surface area contributed by atoms with Crippen molar-refractivity contribution in [1.29, 1.82) is 0 Å². The summed E-state index contributed by atoms with van der Waals surface area (Å²) in [7, 11) is 0. The molecular formula is C8H19N3. The fraction of sp³-hybridized carbons (Fsp3) is 1.00. The Hall–Kier alpha value is -0.120. The summed E-state index contributed by atoms with van der Waals surface area (Å²) < 4.78 is 0. The molecule has 0 unspecified atom stereocenters. The second-order valence-electron chi connectivity index (χ2n) is 3.02. The van der Waals surface area contributed by atoms with Crippen molar-refractivity contribution in [2.75, 3.05) is 26.2 Å². The Kier molecular flexibility index (Phi) is 5.37. The van der Waals surface area contributed by atoms with Gasteiger partial charge in [0.15, 0.2) is 0 Å². The third-order valence-corrected chi connectivity index (χ3v) is 1.94. The predicted octanol–water partition coefficient (Wildman–Crippen LogP) is 0.244. The lowest BCUT2D eigenvalue weighted by molar-refractivity contribution is 0.520. The molecule has 11 heavy (non-hydrogen) atoms. The molecule has 2 fully saturated rings. The summed E-state index contributed by atoms with van der Waals surface area (Å²) in [5.41, 5.74) is 5.94. The van der Waals surface area contributed by atoms with E-state index in [1.165, 1.54) is 38.8 Å². The summed E-state index contributed by atoms with van der Waals surface area (Å²) in [5, 5.41) is 3.28. The van der Waals surface area contributed by atoms with Gasteiger partial charge in [0, 0.05) is 13.1 Å². The average molecular weight is 157 g/mol. The highest BCUT2D eigenvalue weighted by atomic mass is 15.4. The van der Waals surface area contributed by atoms with Crippen LogP contribution in [0.3, 0.4) is 0 Å². The molecule has 0 atom stereocenters. The first-order valence-corrected chi connectivity index (χ1v) is 4.66. The summed E-state index contributed by atoms with van der Waals surface area (Å²) in [6, 6.07) is 0. The van der Waals surface area contributed by atoms with E-state index in [2.05, 4.69) is 16.2 Å². The van der Waals surface area contributed by atoms with Crippen molar-refractivity contribution in [3.8, 4) is 0 Å². The summed E-state index contributed by atoms with van der Waals surface area (Å²) in [5.74, 6) is 0. The van der Waals surface area contributed by atoms with Crippen LogP contribution < -0.4 is 16.2 Å². The minimum Gasteiger partial charge on any atom is -0.317 e. The van der Waals surface area contributed by atoms with Crippen LogP contribution in [0.4, 0.5) is 0 Å². The third kappa shape index (κ3) is 5.18. The van der Waals surface area contributed by atoms with Crippen molar-refractivity contribution < 1.29 is 0 Å². The van der Waals surface area contributed by atoms with Crippen LogP contribution in [-0.4, -0.2) is 26.2 Å². The molecule has 3 heteroatoms. The molecule has 2 rings (SSSR count). The molecule has 0 spiro atoms. The van der Waals surface area contributed by atoms with E-state index in [0.717, 1.165) is 13.1 Å². The van der Waals surface area contributed by atoms with E-state index in [9.17, 15) is 0 Å². The first-order chi connectivity index (χ1) is 5.50. The van der Waals surface area contributed by atoms with Gasteiger partial charge in [-0.05, 0) is 32.4 Å². The van der Waals surface area contributed by atoms with E-state index in [1.54, 1.807) is 0 Å². The van der Waals surface area contributed by atoms with E-state index in [1.807, 2.05) is 0 Å². The van der Waals surface area contributed by atoms with Gasteiger partial charge in [-0.15, -0.1) is 0 Å². The Balaban J connectivity index is 0.000000112. The highest BCUT2D eigenvalue weighted by molar-refractivity contribution is 4.55. The van der Waals surface area contributed by atoms with Gasteiger partial charge in [-0.3, -0.25) is 10.9 Å². The van der Waals surface area contributed by atoms with Crippen LogP contribution in [0.25, 0.3) is 0 Å². The molecule has 2 aliphatic heterocycles. The molecule has 0 aliphatic carbocycles. The average Bonchev–Trinajstić information content (AvgIpc) is 2.64. The van der Waals surface area contributed by atoms with Gasteiger partial charge in [-0.25, -0.2) is 0 Å². The summed E-state index contributed by atoms with van der Waals surface area (Å²) in [6.07, 6.45) is 5.49. The second-order valence-corrected chi connectivity index (χ2v) is 3.02. The van der Waals surface area contributed by atoms with Crippen molar-refractivity contribution >= 4 is 0 Å². The zero-order valence-corrected chi connectivity index (χ0v) is 7.16. The number of piperidine rings is 1. The SMILES string of the molecule is C1CCNCC1.C1CNNC1. The molecule has 3 N–H and O–H groups in total. The highest BCUT2D eigenvalue weighted by Crippen LogP contribution is 1.96. The monoisotopic (exact) mass is 157 g/mol. The molecule has 0 aromatic carbocycles. The van der Waals surface area contributed by atoms with Crippen molar-refractivity contribution in [2.45, 2.75) is 25.7 Å². The molecule has 2 aliphatic rings. The van der Waals surface area contributed by atoms with Crippen molar-refractivity contribution in [2.24, 2.45) is 0 Å². The van der Waals surface area contributed by atoms with Gasteiger partial charge in [-0.1, -0.05) is 6.42 Å². The van der Waals surface area contributed by atoms with Crippen molar-refractivity contribution in [1.82, 2.24) is 16.2 Å². The quantitative estimate of drug-likeness (QED) is 0.471. The Morgan fingerprint density at radius 1 is 0.545 bits per heavy atom. The maximum Gasteiger partial charge on any atom is 0.0112 e. The van der Waals surface area contributed by atoms with Crippen LogP contribution in [0.1, 0.15) is 25.7 Å². The maximum absolute atomic E-state index is 3.28. The highest BCUT2D eigenvalue weighted by Gasteiger charge is 1.93. The Morgan fingerprint density at radius 3 is 1.36 bits per heavy atom. The minimum absolute atomic E-state index is 1.14. The Morgan fingerprint density at radius 2 is 1.18 bits per heavy atom. The maximum atomic E-state index is 3.28. The Labute approximate surface area is 68.9 Å². The van der Waals surface area contributed by atoms with Gasteiger partial charge in [0.1, 0.15) is 0 Å². The van der Waals surface area contributed by atoms with Gasteiger partial charge in [0.05, 0.1) is 0 Å². The topological polar surface area (TPSA) is 36.1 Å². The molecule has 0 bridgehead atoms. The van der Waals surface area contributed by atoms with E-state index in [4.69, 9.17) is 0 Å². The van der Waals surface area contributed by atoms with E-state index in [-0.39, 0.29) is 0 Å². The van der Waals surface area contributed by atoms with Crippen LogP contribution >= 0.6 is 0 Å². The number of hydrogen-bond donors (Lipinski definition) is 3. The number of rotatable bonds is 0. The summed E-state index contributed by atoms with van der Waals surface area (Å²) in [6.45, 7) is 4.78. The lowest BCUT2D eigenvalue weighted by Gasteiger charge is -2.08. The van der Waals surface area contributed by atoms with Gasteiger partial charge in [0.25, 0.3) is 0 Å². The van der Waals surface area contributed by atoms with E-state index >= 15 is 0 Å². The molecule has 2 saturated heterocycles. The normalized spacial score (nSPS) is 24.0. The van der Waals surface area contributed by atoms with Crippen LogP contribution in [-0.2, 0) is 0 Å². The molecular weight excluding hydrogens is 138 g/mol. The smallest absolute Gasteiger partial charge is 0.0112 e. The third-order valence-electron chi connectivity index (χ3n) is 1.94. The zero-order chi connectivity index (χ0) is 7.78. The van der Waals surface area contributed by atoms with Crippen LogP contribution in [0.2, 0.25) is 0 Å². The fourth-order valence-corrected chi connectivity index (χ4v) is 1.24. The number of hydrazine groups is 1. The lowest BCUT2D eigenvalue weighted by atomic mass is 10.2. The van der Waals surface area contributed by atoms with Crippen LogP contribution in [0.15, 0.2) is 0 Å². The van der Waals surface area contributed by atoms with Gasteiger partial charge in [-0.2, -0.15) is 0 Å². The Bertz CT molecular complexity index is 58.3. The fourth-order valence-electron chi connectivity index (χ4n) is 1.24. The molecule has 0 aromatic rings. The van der Waals surface area contributed by atoms with Gasteiger partial charge < -0.3 is 5.32 Å². The number of nitrogens with one attached hydrogen (secondary N) is 3. The molecule has 66 valence electrons. The van der Waals surface area contributed by atoms with Crippen LogP contribution in [0, 0.1) is 0 Å². The molecule has 3 nitrogen and oxygen atoms in total. The molecule has 0 amide bonds. The largest absolute Gasteiger partial charge is 0.317 e. The molecule has 0 aromatic heterocycles. The zero-order valence-electron chi connectivity index (χ0n) is 7.16. The van der Waals surface area contributed by atoms with E-state index < -0.39 is 0 Å². The van der Waals surface area contributed by atoms with Crippen molar-refractivity contribution in [3.63, 3.8) is 0 Å². The predicted molar refractivity (Wildman–Crippen MR) is 47.3 cm³/mol. The van der Waals surface area contributed by atoms with Gasteiger partial charge in [0.2, 0.25) is 0 Å². The molecule has 0 saturated carbocycles. The van der Waals surface area contributed by atoms with Crippen LogP contribution in [0.5, 0.6) is 0 Å². The summed E-state index contributed by atoms with van der Waals surface area (Å²) in [4.78, 5) is 0. The first kappa shape index (κ1) is 8.97. The van der Waals surface area contributed by atoms with E-state index in [0.29, 0.717) is 0 Å². The lowest BCUT2D eigenvalue weighted by Crippen LogP contribution is -2.21. The molecule has 2 heterocycles. The first-order valence-electron chi connectivity index (χ1n) is 4.66. The number of hydrogen-bond acceptors (Lipinski definition) is 3. The van der Waals surface area contributed by atoms with Gasteiger partial charge >= 0.3 is 0 Å². The van der Waals surface area contributed by atoms with Crippen molar-refractivity contribution in [3.05, 3.63) is 0 Å². The summed E-state index contributed by atoms with van der Waals surface area (Å²) >= 11 is 0. The second kappa shape index (κ2) is 6.58. The minimum atomic E-state index is 1.14. The molecule has 0 radical (unpaired) electrons.